The van der Waals surface area contributed by atoms with Crippen molar-refractivity contribution in [1.29, 1.82) is 0 Å². The Balaban J connectivity index is 0.000000199. The molecule has 0 spiro atoms. The zero-order valence-electron chi connectivity index (χ0n) is 11.9. The average Bonchev–Trinajstić information content (AvgIpc) is 2.89. The first-order valence-corrected chi connectivity index (χ1v) is 8.18. The first-order valence-electron chi connectivity index (χ1n) is 6.08. The maximum absolute atomic E-state index is 9.92. The summed E-state index contributed by atoms with van der Waals surface area (Å²) in [5, 5.41) is 1.26. The van der Waals surface area contributed by atoms with Gasteiger partial charge in [-0.25, -0.2) is 0 Å². The lowest BCUT2D eigenvalue weighted by Gasteiger charge is -2.01. The molecule has 0 amide bonds. The summed E-state index contributed by atoms with van der Waals surface area (Å²) in [7, 11) is -1.60. The van der Waals surface area contributed by atoms with Gasteiger partial charge in [0.25, 0.3) is 0 Å². The van der Waals surface area contributed by atoms with E-state index in [0.717, 1.165) is 19.7 Å². The van der Waals surface area contributed by atoms with E-state index in [2.05, 4.69) is 50.0 Å². The summed E-state index contributed by atoms with van der Waals surface area (Å²) < 4.78 is 32.0. The summed E-state index contributed by atoms with van der Waals surface area (Å²) in [6.07, 6.45) is 0. The van der Waals surface area contributed by atoms with Crippen LogP contribution in [0.5, 0.6) is 0 Å². The lowest BCUT2D eigenvalue weighted by molar-refractivity contribution is 0.286. The van der Waals surface area contributed by atoms with E-state index < -0.39 is 10.4 Å². The van der Waals surface area contributed by atoms with Crippen molar-refractivity contribution >= 4 is 32.8 Å². The van der Waals surface area contributed by atoms with Crippen LogP contribution in [0.15, 0.2) is 36.4 Å². The van der Waals surface area contributed by atoms with Gasteiger partial charge in [0, 0.05) is 10.9 Å². The third-order valence-corrected chi connectivity index (χ3v) is 4.48. The van der Waals surface area contributed by atoms with Gasteiger partial charge in [-0.2, -0.15) is 12.8 Å². The van der Waals surface area contributed by atoms with Crippen LogP contribution in [0.25, 0.3) is 21.3 Å². The Hall–Kier alpha value is -1.54. The minimum atomic E-state index is -3.66. The van der Waals surface area contributed by atoms with E-state index in [1.54, 1.807) is 11.5 Å². The zero-order valence-corrected chi connectivity index (χ0v) is 13.5. The van der Waals surface area contributed by atoms with E-state index >= 15 is 0 Å². The second-order valence-electron chi connectivity index (χ2n) is 4.25. The van der Waals surface area contributed by atoms with Crippen molar-refractivity contribution in [3.63, 3.8) is 0 Å². The van der Waals surface area contributed by atoms with Crippen molar-refractivity contribution < 1.29 is 16.8 Å². The number of nitrogens with zero attached hydrogens (tertiary/aromatic N) is 1. The molecular weight excluding hydrogens is 310 g/mol. The van der Waals surface area contributed by atoms with Crippen LogP contribution in [0, 0.1) is 6.92 Å². The van der Waals surface area contributed by atoms with Crippen LogP contribution in [0.2, 0.25) is 0 Å². The van der Waals surface area contributed by atoms with Gasteiger partial charge in [0.05, 0.1) is 24.6 Å². The average molecular weight is 325 g/mol. The van der Waals surface area contributed by atoms with Crippen molar-refractivity contribution in [2.24, 2.45) is 0 Å². The Kier molecular flexibility index (Phi) is 4.89. The zero-order chi connectivity index (χ0) is 15.5. The third kappa shape index (κ3) is 3.76. The van der Waals surface area contributed by atoms with Gasteiger partial charge in [-0.3, -0.25) is 8.37 Å². The van der Waals surface area contributed by atoms with Gasteiger partial charge in [0.1, 0.15) is 0 Å². The molecule has 0 radical (unpaired) electrons. The van der Waals surface area contributed by atoms with E-state index in [1.807, 2.05) is 6.07 Å². The van der Waals surface area contributed by atoms with Crippen LogP contribution in [-0.4, -0.2) is 27.0 Å². The minimum absolute atomic E-state index is 1.03. The van der Waals surface area contributed by atoms with E-state index in [1.165, 1.54) is 21.4 Å². The van der Waals surface area contributed by atoms with Gasteiger partial charge in [-0.15, -0.1) is 0 Å². The number of fused-ring (bicyclic) bond motifs is 3. The molecule has 0 bridgehead atoms. The minimum Gasteiger partial charge on any atom is -0.252 e. The van der Waals surface area contributed by atoms with Gasteiger partial charge in [-0.05, 0) is 42.2 Å². The molecule has 1 aromatic carbocycles. The molecule has 0 saturated heterocycles. The summed E-state index contributed by atoms with van der Waals surface area (Å²) in [4.78, 5) is 1.28. The Morgan fingerprint density at radius 3 is 2.38 bits per heavy atom. The molecule has 1 aromatic rings. The normalized spacial score (nSPS) is 11.4. The van der Waals surface area contributed by atoms with Crippen LogP contribution < -0.4 is 0 Å². The van der Waals surface area contributed by atoms with Gasteiger partial charge in [-0.1, -0.05) is 18.2 Å². The number of aromatic nitrogens is 1. The summed E-state index contributed by atoms with van der Waals surface area (Å²) in [6.45, 7) is 2.13. The molecule has 1 heterocycles. The second kappa shape index (κ2) is 6.48. The van der Waals surface area contributed by atoms with E-state index in [9.17, 15) is 8.42 Å². The van der Waals surface area contributed by atoms with Crippen LogP contribution >= 0.6 is 11.5 Å². The number of rotatable bonds is 2. The highest BCUT2D eigenvalue weighted by Crippen LogP contribution is 2.34. The smallest absolute Gasteiger partial charge is 0.252 e. The van der Waals surface area contributed by atoms with Crippen LogP contribution in [0.1, 0.15) is 5.56 Å². The Morgan fingerprint density at radius 1 is 1.10 bits per heavy atom. The fraction of sp³-hybridized carbons (Fsp3) is 0.214. The van der Waals surface area contributed by atoms with Gasteiger partial charge in [0.15, 0.2) is 0 Å². The first-order chi connectivity index (χ1) is 9.96. The quantitative estimate of drug-likeness (QED) is 0.724. The second-order valence-corrected chi connectivity index (χ2v) is 6.54. The van der Waals surface area contributed by atoms with Gasteiger partial charge >= 0.3 is 10.4 Å². The molecule has 1 aliphatic carbocycles. The first kappa shape index (κ1) is 15.8. The molecule has 5 nitrogen and oxygen atoms in total. The maximum Gasteiger partial charge on any atom is 0.399 e. The lowest BCUT2D eigenvalue weighted by Crippen LogP contribution is -2.02. The van der Waals surface area contributed by atoms with Crippen molar-refractivity contribution in [3.05, 3.63) is 42.0 Å². The molecule has 21 heavy (non-hydrogen) atoms. The SMILES string of the molecule is COS(=O)(=O)OC.Cc1cc2snc3ccccc3c-2c1. The molecule has 0 saturated carbocycles. The molecule has 0 atom stereocenters. The molecule has 2 aliphatic rings. The molecule has 0 N–H and O–H groups in total. The molecular formula is C14H15NO4S2. The number of aryl methyl sites for hydroxylation is 1. The fourth-order valence-electron chi connectivity index (χ4n) is 1.86. The molecule has 1 aliphatic heterocycles. The Bertz CT molecular complexity index is 801. The summed E-state index contributed by atoms with van der Waals surface area (Å²) >= 11 is 1.58. The molecule has 3 rings (SSSR count). The number of hydrogen-bond acceptors (Lipinski definition) is 6. The molecule has 0 aromatic heterocycles. The van der Waals surface area contributed by atoms with E-state index in [4.69, 9.17) is 0 Å². The molecule has 0 fully saturated rings. The molecule has 0 unspecified atom stereocenters. The summed E-state index contributed by atoms with van der Waals surface area (Å²) in [5.41, 5.74) is 3.74. The lowest BCUT2D eigenvalue weighted by atomic mass is 10.1. The summed E-state index contributed by atoms with van der Waals surface area (Å²) in [5.74, 6) is 0. The highest BCUT2D eigenvalue weighted by atomic mass is 32.3. The Labute approximate surface area is 128 Å². The highest BCUT2D eigenvalue weighted by Gasteiger charge is 2.09. The monoisotopic (exact) mass is 325 g/mol. The van der Waals surface area contributed by atoms with Crippen molar-refractivity contribution in [2.45, 2.75) is 6.92 Å². The van der Waals surface area contributed by atoms with Crippen molar-refractivity contribution in [3.8, 4) is 10.4 Å². The van der Waals surface area contributed by atoms with E-state index in [0.29, 0.717) is 0 Å². The van der Waals surface area contributed by atoms with Crippen molar-refractivity contribution in [2.75, 3.05) is 14.2 Å². The molecule has 7 heteroatoms. The van der Waals surface area contributed by atoms with Crippen molar-refractivity contribution in [1.82, 2.24) is 4.37 Å². The predicted molar refractivity (Wildman–Crippen MR) is 83.9 cm³/mol. The van der Waals surface area contributed by atoms with Gasteiger partial charge < -0.3 is 0 Å². The fourth-order valence-corrected chi connectivity index (χ4v) is 2.86. The highest BCUT2D eigenvalue weighted by molar-refractivity contribution is 7.81. The van der Waals surface area contributed by atoms with Gasteiger partial charge in [0.2, 0.25) is 0 Å². The van der Waals surface area contributed by atoms with Crippen LogP contribution in [0.4, 0.5) is 0 Å². The number of benzene rings is 1. The summed E-state index contributed by atoms with van der Waals surface area (Å²) in [6, 6.07) is 12.7. The number of hydrogen-bond donors (Lipinski definition) is 0. The predicted octanol–water partition coefficient (Wildman–Crippen LogP) is 3.23. The largest absolute Gasteiger partial charge is 0.399 e. The maximum atomic E-state index is 9.92. The Morgan fingerprint density at radius 2 is 1.76 bits per heavy atom. The van der Waals surface area contributed by atoms with Crippen LogP contribution in [-0.2, 0) is 18.8 Å². The van der Waals surface area contributed by atoms with E-state index in [-0.39, 0.29) is 0 Å². The van der Waals surface area contributed by atoms with Crippen LogP contribution in [0.3, 0.4) is 0 Å². The third-order valence-electron chi connectivity index (χ3n) is 2.84. The standard InChI is InChI=1S/C12H9NS.C2H6O4S/c1-8-6-10-9-4-2-3-5-11(9)13-14-12(10)7-8;1-5-7(3,4)6-2/h2-7H,1H3;1-2H3. The molecule has 112 valence electrons. The topological polar surface area (TPSA) is 65.5 Å².